The first-order valence-corrected chi connectivity index (χ1v) is 7.80. The van der Waals surface area contributed by atoms with E-state index in [9.17, 15) is 0 Å². The van der Waals surface area contributed by atoms with Gasteiger partial charge in [0.15, 0.2) is 0 Å². The van der Waals surface area contributed by atoms with Gasteiger partial charge in [0.05, 0.1) is 7.11 Å². The van der Waals surface area contributed by atoms with E-state index in [1.807, 2.05) is 44.7 Å². The average molecular weight is 313 g/mol. The number of aromatic nitrogens is 1. The van der Waals surface area contributed by atoms with Crippen LogP contribution in [0.4, 0.5) is 5.69 Å². The number of rotatable bonds is 5. The number of methoxy groups -OCH3 is 1. The molecule has 0 unspecified atom stereocenters. The first-order valence-electron chi connectivity index (χ1n) is 7.80. The number of nitrogens with one attached hydrogen (secondary N) is 1. The van der Waals surface area contributed by atoms with E-state index < -0.39 is 0 Å². The van der Waals surface area contributed by atoms with E-state index in [4.69, 9.17) is 9.47 Å². The summed E-state index contributed by atoms with van der Waals surface area (Å²) in [5.74, 6) is 1.76. The number of hydrogen-bond donors (Lipinski definition) is 1. The number of ether oxygens (including phenoxy) is 2. The van der Waals surface area contributed by atoms with Crippen molar-refractivity contribution in [2.45, 2.75) is 19.0 Å². The SMILES string of the molecule is COc1ccc2c(c1)OC[C@@H](NCc1cnccc1N(C)C)C2. The largest absolute Gasteiger partial charge is 0.497 e. The maximum absolute atomic E-state index is 5.88. The smallest absolute Gasteiger partial charge is 0.126 e. The topological polar surface area (TPSA) is 46.6 Å². The third kappa shape index (κ3) is 3.56. The van der Waals surface area contributed by atoms with E-state index in [0.29, 0.717) is 12.6 Å². The fourth-order valence-electron chi connectivity index (χ4n) is 2.86. The molecule has 0 amide bonds. The van der Waals surface area contributed by atoms with Crippen molar-refractivity contribution in [2.75, 3.05) is 32.7 Å². The Balaban J connectivity index is 1.64. The minimum absolute atomic E-state index is 0.297. The molecule has 0 saturated heterocycles. The summed E-state index contributed by atoms with van der Waals surface area (Å²) in [7, 11) is 5.77. The third-order valence-electron chi connectivity index (χ3n) is 4.12. The van der Waals surface area contributed by atoms with Crippen LogP contribution in [-0.2, 0) is 13.0 Å². The van der Waals surface area contributed by atoms with E-state index in [-0.39, 0.29) is 0 Å². The van der Waals surface area contributed by atoms with Crippen molar-refractivity contribution in [2.24, 2.45) is 0 Å². The number of anilines is 1. The number of hydrogen-bond acceptors (Lipinski definition) is 5. The number of fused-ring (bicyclic) bond motifs is 1. The Labute approximate surface area is 137 Å². The fourth-order valence-corrected chi connectivity index (χ4v) is 2.86. The van der Waals surface area contributed by atoms with Crippen LogP contribution >= 0.6 is 0 Å². The van der Waals surface area contributed by atoms with Crippen molar-refractivity contribution >= 4 is 5.69 Å². The molecule has 5 heteroatoms. The van der Waals surface area contributed by atoms with Gasteiger partial charge in [-0.05, 0) is 24.1 Å². The zero-order valence-corrected chi connectivity index (χ0v) is 13.9. The van der Waals surface area contributed by atoms with Crippen LogP contribution in [0, 0.1) is 0 Å². The number of pyridine rings is 1. The van der Waals surface area contributed by atoms with Gasteiger partial charge in [0.25, 0.3) is 0 Å². The van der Waals surface area contributed by atoms with Crippen molar-refractivity contribution < 1.29 is 9.47 Å². The highest BCUT2D eigenvalue weighted by Crippen LogP contribution is 2.29. The highest BCUT2D eigenvalue weighted by Gasteiger charge is 2.20. The Morgan fingerprint density at radius 2 is 2.22 bits per heavy atom. The second-order valence-electron chi connectivity index (χ2n) is 5.97. The van der Waals surface area contributed by atoms with Crippen molar-refractivity contribution in [3.63, 3.8) is 0 Å². The maximum atomic E-state index is 5.88. The Hall–Kier alpha value is -2.27. The predicted octanol–water partition coefficient (Wildman–Crippen LogP) is 2.25. The Morgan fingerprint density at radius 1 is 1.35 bits per heavy atom. The zero-order chi connectivity index (χ0) is 16.2. The summed E-state index contributed by atoms with van der Waals surface area (Å²) in [5.41, 5.74) is 3.60. The van der Waals surface area contributed by atoms with Crippen molar-refractivity contribution in [3.05, 3.63) is 47.8 Å². The molecule has 1 aliphatic heterocycles. The normalized spacial score (nSPS) is 16.4. The molecule has 5 nitrogen and oxygen atoms in total. The quantitative estimate of drug-likeness (QED) is 0.917. The Kier molecular flexibility index (Phi) is 4.67. The summed E-state index contributed by atoms with van der Waals surface area (Å²) in [6.07, 6.45) is 4.70. The lowest BCUT2D eigenvalue weighted by Gasteiger charge is -2.27. The van der Waals surface area contributed by atoms with Crippen LogP contribution in [0.5, 0.6) is 11.5 Å². The van der Waals surface area contributed by atoms with Gasteiger partial charge in [-0.2, -0.15) is 0 Å². The number of benzene rings is 1. The van der Waals surface area contributed by atoms with Gasteiger partial charge < -0.3 is 19.7 Å². The van der Waals surface area contributed by atoms with Crippen molar-refractivity contribution in [1.82, 2.24) is 10.3 Å². The van der Waals surface area contributed by atoms with Crippen LogP contribution < -0.4 is 19.7 Å². The molecule has 1 aromatic carbocycles. The summed E-state index contributed by atoms with van der Waals surface area (Å²) in [5, 5.41) is 3.58. The zero-order valence-electron chi connectivity index (χ0n) is 13.9. The molecule has 0 saturated carbocycles. The maximum Gasteiger partial charge on any atom is 0.126 e. The van der Waals surface area contributed by atoms with Crippen LogP contribution in [-0.4, -0.2) is 38.8 Å². The lowest BCUT2D eigenvalue weighted by Crippen LogP contribution is -2.39. The lowest BCUT2D eigenvalue weighted by atomic mass is 10.0. The first-order chi connectivity index (χ1) is 11.2. The average Bonchev–Trinajstić information content (AvgIpc) is 2.59. The summed E-state index contributed by atoms with van der Waals surface area (Å²) >= 11 is 0. The Morgan fingerprint density at radius 3 is 3.00 bits per heavy atom. The second kappa shape index (κ2) is 6.87. The van der Waals surface area contributed by atoms with E-state index >= 15 is 0 Å². The van der Waals surface area contributed by atoms with Gasteiger partial charge in [-0.25, -0.2) is 0 Å². The monoisotopic (exact) mass is 313 g/mol. The lowest BCUT2D eigenvalue weighted by molar-refractivity contribution is 0.237. The molecule has 1 N–H and O–H groups in total. The van der Waals surface area contributed by atoms with Gasteiger partial charge in [-0.15, -0.1) is 0 Å². The molecule has 0 fully saturated rings. The van der Waals surface area contributed by atoms with Crippen LogP contribution in [0.25, 0.3) is 0 Å². The molecule has 2 heterocycles. The van der Waals surface area contributed by atoms with Gasteiger partial charge in [-0.3, -0.25) is 4.98 Å². The first kappa shape index (κ1) is 15.6. The van der Waals surface area contributed by atoms with E-state index in [2.05, 4.69) is 21.3 Å². The highest BCUT2D eigenvalue weighted by molar-refractivity contribution is 5.50. The molecule has 23 heavy (non-hydrogen) atoms. The van der Waals surface area contributed by atoms with Gasteiger partial charge in [0, 0.05) is 56.4 Å². The van der Waals surface area contributed by atoms with Gasteiger partial charge in [-0.1, -0.05) is 6.07 Å². The van der Waals surface area contributed by atoms with Crippen LogP contribution in [0.15, 0.2) is 36.7 Å². The summed E-state index contributed by atoms with van der Waals surface area (Å²) in [4.78, 5) is 6.34. The van der Waals surface area contributed by atoms with Gasteiger partial charge in [0.1, 0.15) is 18.1 Å². The van der Waals surface area contributed by atoms with Gasteiger partial charge >= 0.3 is 0 Å². The molecule has 2 aromatic rings. The highest BCUT2D eigenvalue weighted by atomic mass is 16.5. The molecule has 0 spiro atoms. The van der Waals surface area contributed by atoms with Crippen LogP contribution in [0.3, 0.4) is 0 Å². The molecular weight excluding hydrogens is 290 g/mol. The fraction of sp³-hybridized carbons (Fsp3) is 0.389. The predicted molar refractivity (Wildman–Crippen MR) is 91.4 cm³/mol. The molecule has 1 aliphatic rings. The molecule has 0 aliphatic carbocycles. The molecule has 0 bridgehead atoms. The van der Waals surface area contributed by atoms with Crippen LogP contribution in [0.1, 0.15) is 11.1 Å². The summed E-state index contributed by atoms with van der Waals surface area (Å²) in [6.45, 7) is 1.44. The molecule has 3 rings (SSSR count). The molecule has 1 atom stereocenters. The van der Waals surface area contributed by atoms with E-state index in [0.717, 1.165) is 24.5 Å². The minimum atomic E-state index is 0.297. The molecular formula is C18H23N3O2. The van der Waals surface area contributed by atoms with E-state index in [1.54, 1.807) is 7.11 Å². The van der Waals surface area contributed by atoms with Crippen molar-refractivity contribution in [3.8, 4) is 11.5 Å². The summed E-state index contributed by atoms with van der Waals surface area (Å²) < 4.78 is 11.1. The third-order valence-corrected chi connectivity index (χ3v) is 4.12. The number of nitrogens with zero attached hydrogens (tertiary/aromatic N) is 2. The second-order valence-corrected chi connectivity index (χ2v) is 5.97. The summed E-state index contributed by atoms with van der Waals surface area (Å²) in [6, 6.07) is 8.35. The molecule has 1 aromatic heterocycles. The molecule has 122 valence electrons. The standard InChI is InChI=1S/C18H23N3O2/c1-21(2)17-6-7-19-10-14(17)11-20-15-8-13-4-5-16(22-3)9-18(13)23-12-15/h4-7,9-10,15,20H,8,11-12H2,1-3H3/t15-/m0/s1. The molecule has 0 radical (unpaired) electrons. The van der Waals surface area contributed by atoms with Gasteiger partial charge in [0.2, 0.25) is 0 Å². The Bertz CT molecular complexity index is 673. The van der Waals surface area contributed by atoms with Crippen LogP contribution in [0.2, 0.25) is 0 Å². The minimum Gasteiger partial charge on any atom is -0.497 e. The van der Waals surface area contributed by atoms with Crippen molar-refractivity contribution in [1.29, 1.82) is 0 Å². The van der Waals surface area contributed by atoms with E-state index in [1.165, 1.54) is 16.8 Å².